The molecule has 1 aromatic heterocycles. The summed E-state index contributed by atoms with van der Waals surface area (Å²) in [6.45, 7) is 3.47. The van der Waals surface area contributed by atoms with E-state index in [4.69, 9.17) is 4.74 Å². The van der Waals surface area contributed by atoms with Gasteiger partial charge in [-0.3, -0.25) is 9.78 Å². The summed E-state index contributed by atoms with van der Waals surface area (Å²) in [6, 6.07) is 4.16. The second-order valence-corrected chi connectivity index (χ2v) is 6.61. The number of nitrogens with one attached hydrogen (secondary N) is 1. The van der Waals surface area contributed by atoms with Crippen LogP contribution >= 0.6 is 0 Å². The van der Waals surface area contributed by atoms with Gasteiger partial charge in [0.2, 0.25) is 0 Å². The van der Waals surface area contributed by atoms with Crippen molar-refractivity contribution in [2.75, 3.05) is 11.5 Å². The van der Waals surface area contributed by atoms with Gasteiger partial charge in [0.05, 0.1) is 17.9 Å². The van der Waals surface area contributed by atoms with Crippen LogP contribution in [0.3, 0.4) is 0 Å². The maximum absolute atomic E-state index is 13.0. The monoisotopic (exact) mass is 437 g/mol. The van der Waals surface area contributed by atoms with Crippen LogP contribution in [0.4, 0.5) is 23.7 Å². The van der Waals surface area contributed by atoms with Crippen molar-refractivity contribution in [2.45, 2.75) is 32.2 Å². The summed E-state index contributed by atoms with van der Waals surface area (Å²) in [5.74, 6) is -2.32. The number of esters is 1. The number of benzene rings is 1. The van der Waals surface area contributed by atoms with Crippen LogP contribution in [0.5, 0.6) is 5.75 Å². The van der Waals surface area contributed by atoms with Gasteiger partial charge in [-0.15, -0.1) is 13.2 Å². The summed E-state index contributed by atoms with van der Waals surface area (Å²) >= 11 is 0. The fraction of sp³-hybridized carbons (Fsp3) is 0.300. The van der Waals surface area contributed by atoms with Crippen LogP contribution in [0.25, 0.3) is 0 Å². The third kappa shape index (κ3) is 4.76. The van der Waals surface area contributed by atoms with E-state index in [1.54, 1.807) is 19.9 Å². The number of amides is 3. The van der Waals surface area contributed by atoms with E-state index in [1.165, 1.54) is 24.5 Å². The molecule has 8 nitrogen and oxygen atoms in total. The van der Waals surface area contributed by atoms with Crippen LogP contribution in [0.2, 0.25) is 0 Å². The Hall–Kier alpha value is -3.63. The molecule has 164 valence electrons. The topological polar surface area (TPSA) is 97.8 Å². The van der Waals surface area contributed by atoms with Gasteiger partial charge in [-0.1, -0.05) is 6.92 Å². The van der Waals surface area contributed by atoms with Gasteiger partial charge >= 0.3 is 18.4 Å². The molecule has 1 N–H and O–H groups in total. The van der Waals surface area contributed by atoms with Crippen LogP contribution < -0.4 is 15.0 Å². The lowest BCUT2D eigenvalue weighted by Gasteiger charge is -2.20. The van der Waals surface area contributed by atoms with Crippen molar-refractivity contribution in [3.05, 3.63) is 53.9 Å². The molecule has 2 aromatic rings. The normalized spacial score (nSPS) is 17.3. The van der Waals surface area contributed by atoms with Crippen molar-refractivity contribution in [2.24, 2.45) is 0 Å². The molecule has 0 bridgehead atoms. The zero-order valence-electron chi connectivity index (χ0n) is 16.5. The zero-order valence-corrected chi connectivity index (χ0v) is 16.5. The van der Waals surface area contributed by atoms with E-state index in [1.807, 2.05) is 0 Å². The average molecular weight is 437 g/mol. The minimum atomic E-state index is -4.86. The van der Waals surface area contributed by atoms with Crippen molar-refractivity contribution in [1.82, 2.24) is 10.3 Å². The van der Waals surface area contributed by atoms with Gasteiger partial charge in [-0.05, 0) is 42.8 Å². The Morgan fingerprint density at radius 1 is 1.23 bits per heavy atom. The van der Waals surface area contributed by atoms with Gasteiger partial charge in [0.1, 0.15) is 11.8 Å². The number of carbonyl (C=O) groups excluding carboxylic acids is 3. The van der Waals surface area contributed by atoms with Crippen LogP contribution in [0.15, 0.2) is 42.7 Å². The Kier molecular flexibility index (Phi) is 6.14. The first-order valence-electron chi connectivity index (χ1n) is 9.23. The summed E-state index contributed by atoms with van der Waals surface area (Å²) in [7, 11) is 0. The number of hydrogen-bond donors (Lipinski definition) is 1. The number of halogens is 3. The number of pyridine rings is 1. The molecular formula is C20H18F3N3O5. The molecular weight excluding hydrogens is 419 g/mol. The summed E-state index contributed by atoms with van der Waals surface area (Å²) in [5.41, 5.74) is 0.709. The number of nitrogens with zero attached hydrogens (tertiary/aromatic N) is 2. The van der Waals surface area contributed by atoms with E-state index in [2.05, 4.69) is 15.0 Å². The number of carbonyl (C=O) groups is 3. The second kappa shape index (κ2) is 8.62. The molecule has 1 fully saturated rings. The number of anilines is 1. The SMILES string of the molecule is CCOC(=O)c1cnccc1C(C)C1NC(=O)N(c2ccc(OC(F)(F)F)cc2)C1=O. The highest BCUT2D eigenvalue weighted by Crippen LogP contribution is 2.31. The lowest BCUT2D eigenvalue weighted by atomic mass is 9.90. The molecule has 3 amide bonds. The molecule has 2 heterocycles. The van der Waals surface area contributed by atoms with Crippen LogP contribution in [0.1, 0.15) is 35.7 Å². The third-order valence-electron chi connectivity index (χ3n) is 4.64. The van der Waals surface area contributed by atoms with E-state index >= 15 is 0 Å². The van der Waals surface area contributed by atoms with Gasteiger partial charge in [-0.25, -0.2) is 14.5 Å². The van der Waals surface area contributed by atoms with E-state index in [9.17, 15) is 27.6 Å². The molecule has 0 aliphatic carbocycles. The number of rotatable bonds is 6. The van der Waals surface area contributed by atoms with Gasteiger partial charge in [0, 0.05) is 18.3 Å². The molecule has 1 aromatic carbocycles. The molecule has 0 spiro atoms. The number of aromatic nitrogens is 1. The summed E-state index contributed by atoms with van der Waals surface area (Å²) in [4.78, 5) is 42.3. The lowest BCUT2D eigenvalue weighted by molar-refractivity contribution is -0.274. The molecule has 2 unspecified atom stereocenters. The van der Waals surface area contributed by atoms with Crippen molar-refractivity contribution in [3.8, 4) is 5.75 Å². The molecule has 3 rings (SSSR count). The molecule has 2 atom stereocenters. The Morgan fingerprint density at radius 3 is 2.52 bits per heavy atom. The predicted octanol–water partition coefficient (Wildman–Crippen LogP) is 3.39. The molecule has 1 aliphatic heterocycles. The summed E-state index contributed by atoms with van der Waals surface area (Å²) < 4.78 is 45.8. The minimum absolute atomic E-state index is 0.0760. The predicted molar refractivity (Wildman–Crippen MR) is 102 cm³/mol. The molecule has 31 heavy (non-hydrogen) atoms. The molecule has 1 aliphatic rings. The molecule has 11 heteroatoms. The van der Waals surface area contributed by atoms with Gasteiger partial charge in [0.25, 0.3) is 5.91 Å². The highest BCUT2D eigenvalue weighted by molar-refractivity contribution is 6.21. The van der Waals surface area contributed by atoms with Crippen molar-refractivity contribution < 1.29 is 37.0 Å². The van der Waals surface area contributed by atoms with Gasteiger partial charge in [0.15, 0.2) is 0 Å². The Labute approximate surface area is 175 Å². The van der Waals surface area contributed by atoms with E-state index in [0.29, 0.717) is 5.56 Å². The second-order valence-electron chi connectivity index (χ2n) is 6.61. The summed E-state index contributed by atoms with van der Waals surface area (Å²) in [5, 5.41) is 2.56. The number of urea groups is 1. The lowest BCUT2D eigenvalue weighted by Crippen LogP contribution is -2.35. The van der Waals surface area contributed by atoms with Crippen LogP contribution in [-0.2, 0) is 9.53 Å². The Balaban J connectivity index is 1.83. The van der Waals surface area contributed by atoms with Gasteiger partial charge < -0.3 is 14.8 Å². The largest absolute Gasteiger partial charge is 0.573 e. The van der Waals surface area contributed by atoms with Crippen molar-refractivity contribution >= 4 is 23.6 Å². The number of hydrogen-bond acceptors (Lipinski definition) is 6. The number of ether oxygens (including phenoxy) is 2. The third-order valence-corrected chi connectivity index (χ3v) is 4.64. The first kappa shape index (κ1) is 22.1. The fourth-order valence-corrected chi connectivity index (χ4v) is 3.24. The molecule has 0 saturated carbocycles. The Morgan fingerprint density at radius 2 is 1.90 bits per heavy atom. The van der Waals surface area contributed by atoms with Crippen molar-refractivity contribution in [3.63, 3.8) is 0 Å². The highest BCUT2D eigenvalue weighted by atomic mass is 19.4. The van der Waals surface area contributed by atoms with E-state index in [-0.39, 0.29) is 17.9 Å². The quantitative estimate of drug-likeness (QED) is 0.550. The highest BCUT2D eigenvalue weighted by Gasteiger charge is 2.43. The minimum Gasteiger partial charge on any atom is -0.462 e. The standard InChI is InChI=1S/C20H18F3N3O5/c1-3-30-18(28)15-10-24-9-8-14(15)11(2)16-17(27)26(19(29)25-16)12-4-6-13(7-5-12)31-20(21,22)23/h4-11,16H,3H2,1-2H3,(H,25,29). The Bertz CT molecular complexity index is 994. The number of imide groups is 1. The van der Waals surface area contributed by atoms with E-state index < -0.39 is 42.0 Å². The van der Waals surface area contributed by atoms with Crippen LogP contribution in [0, 0.1) is 0 Å². The smallest absolute Gasteiger partial charge is 0.462 e. The number of alkyl halides is 3. The first-order chi connectivity index (χ1) is 14.6. The zero-order chi connectivity index (χ0) is 22.8. The van der Waals surface area contributed by atoms with Crippen LogP contribution in [-0.4, -0.2) is 41.9 Å². The summed E-state index contributed by atoms with van der Waals surface area (Å²) in [6.07, 6.45) is -2.08. The first-order valence-corrected chi connectivity index (χ1v) is 9.23. The average Bonchev–Trinajstić information content (AvgIpc) is 3.01. The fourth-order valence-electron chi connectivity index (χ4n) is 3.24. The van der Waals surface area contributed by atoms with Crippen molar-refractivity contribution in [1.29, 1.82) is 0 Å². The molecule has 0 radical (unpaired) electrons. The maximum atomic E-state index is 13.0. The maximum Gasteiger partial charge on any atom is 0.573 e. The van der Waals surface area contributed by atoms with E-state index in [0.717, 1.165) is 17.0 Å². The molecule has 1 saturated heterocycles. The van der Waals surface area contributed by atoms with Gasteiger partial charge in [-0.2, -0.15) is 0 Å².